The molecule has 172 valence electrons. The quantitative estimate of drug-likeness (QED) is 0.430. The smallest absolute Gasteiger partial charge is 0.257 e. The molecule has 0 spiro atoms. The van der Waals surface area contributed by atoms with Gasteiger partial charge >= 0.3 is 0 Å². The van der Waals surface area contributed by atoms with Gasteiger partial charge in [-0.2, -0.15) is 5.10 Å². The molecule has 0 N–H and O–H groups in total. The number of amides is 1. The summed E-state index contributed by atoms with van der Waals surface area (Å²) in [7, 11) is 1.68. The van der Waals surface area contributed by atoms with Crippen molar-refractivity contribution in [1.82, 2.24) is 14.7 Å². The van der Waals surface area contributed by atoms with Crippen LogP contribution in [0.4, 0.5) is 5.69 Å². The standard InChI is InChI=1S/C28H28N4O2/c1-34-25-14-8-13-24(19-25)30-15-17-31(18-16-30)28(33)26-21-32(20-22-9-4-2-5-10-22)29-27(26)23-11-6-3-7-12-23/h2-14,19,21H,15-18,20H2,1H3. The fourth-order valence-electron chi connectivity index (χ4n) is 4.38. The van der Waals surface area contributed by atoms with E-state index in [4.69, 9.17) is 9.84 Å². The Balaban J connectivity index is 1.36. The van der Waals surface area contributed by atoms with E-state index >= 15 is 0 Å². The molecule has 0 aliphatic carbocycles. The number of carbonyl (C=O) groups excluding carboxylic acids is 1. The van der Waals surface area contributed by atoms with Gasteiger partial charge in [-0.25, -0.2) is 0 Å². The van der Waals surface area contributed by atoms with Gasteiger partial charge in [0.25, 0.3) is 5.91 Å². The van der Waals surface area contributed by atoms with Gasteiger partial charge in [0.05, 0.1) is 19.2 Å². The zero-order valence-corrected chi connectivity index (χ0v) is 19.3. The number of aromatic nitrogens is 2. The zero-order valence-electron chi connectivity index (χ0n) is 19.3. The highest BCUT2D eigenvalue weighted by atomic mass is 16.5. The van der Waals surface area contributed by atoms with Gasteiger partial charge in [0.1, 0.15) is 11.4 Å². The van der Waals surface area contributed by atoms with E-state index in [1.54, 1.807) is 7.11 Å². The fourth-order valence-corrected chi connectivity index (χ4v) is 4.38. The average molecular weight is 453 g/mol. The van der Waals surface area contributed by atoms with Crippen LogP contribution in [0.1, 0.15) is 15.9 Å². The first-order valence-corrected chi connectivity index (χ1v) is 11.6. The maximum absolute atomic E-state index is 13.6. The van der Waals surface area contributed by atoms with E-state index in [0.717, 1.165) is 41.3 Å². The highest BCUT2D eigenvalue weighted by Crippen LogP contribution is 2.26. The Morgan fingerprint density at radius 3 is 2.29 bits per heavy atom. The van der Waals surface area contributed by atoms with Crippen molar-refractivity contribution in [3.05, 3.63) is 102 Å². The summed E-state index contributed by atoms with van der Waals surface area (Å²) in [6.07, 6.45) is 1.89. The first kappa shape index (κ1) is 21.8. The third-order valence-electron chi connectivity index (χ3n) is 6.21. The van der Waals surface area contributed by atoms with E-state index in [1.165, 1.54) is 0 Å². The molecule has 34 heavy (non-hydrogen) atoms. The second-order valence-electron chi connectivity index (χ2n) is 8.42. The van der Waals surface area contributed by atoms with Crippen LogP contribution < -0.4 is 9.64 Å². The van der Waals surface area contributed by atoms with E-state index in [1.807, 2.05) is 82.5 Å². The Morgan fingerprint density at radius 1 is 0.882 bits per heavy atom. The van der Waals surface area contributed by atoms with E-state index in [0.29, 0.717) is 25.2 Å². The summed E-state index contributed by atoms with van der Waals surface area (Å²) in [4.78, 5) is 17.9. The molecule has 1 aliphatic heterocycles. The number of rotatable bonds is 6. The van der Waals surface area contributed by atoms with Crippen molar-refractivity contribution in [1.29, 1.82) is 0 Å². The van der Waals surface area contributed by atoms with Crippen LogP contribution in [0.25, 0.3) is 11.3 Å². The van der Waals surface area contributed by atoms with Crippen molar-refractivity contribution in [3.8, 4) is 17.0 Å². The summed E-state index contributed by atoms with van der Waals surface area (Å²) in [5.41, 5.74) is 4.60. The van der Waals surface area contributed by atoms with Crippen LogP contribution in [0, 0.1) is 0 Å². The summed E-state index contributed by atoms with van der Waals surface area (Å²) in [6, 6.07) is 28.2. The summed E-state index contributed by atoms with van der Waals surface area (Å²) >= 11 is 0. The summed E-state index contributed by atoms with van der Waals surface area (Å²) in [5, 5.41) is 4.82. The second-order valence-corrected chi connectivity index (χ2v) is 8.42. The molecule has 0 atom stereocenters. The van der Waals surface area contributed by atoms with Crippen LogP contribution in [-0.4, -0.2) is 53.9 Å². The number of nitrogens with zero attached hydrogens (tertiary/aromatic N) is 4. The molecule has 2 heterocycles. The average Bonchev–Trinajstić information content (AvgIpc) is 3.33. The topological polar surface area (TPSA) is 50.6 Å². The predicted molar refractivity (Wildman–Crippen MR) is 134 cm³/mol. The van der Waals surface area contributed by atoms with Crippen molar-refractivity contribution in [2.75, 3.05) is 38.2 Å². The van der Waals surface area contributed by atoms with Crippen LogP contribution in [0.5, 0.6) is 5.75 Å². The molecule has 1 aliphatic rings. The molecule has 0 saturated carbocycles. The lowest BCUT2D eigenvalue weighted by atomic mass is 10.1. The molecule has 6 heteroatoms. The van der Waals surface area contributed by atoms with Gasteiger partial charge < -0.3 is 14.5 Å². The van der Waals surface area contributed by atoms with Gasteiger partial charge in [0, 0.05) is 49.7 Å². The van der Waals surface area contributed by atoms with Crippen molar-refractivity contribution >= 4 is 11.6 Å². The summed E-state index contributed by atoms with van der Waals surface area (Å²) in [6.45, 7) is 3.50. The number of piperazine rings is 1. The number of benzene rings is 3. The molecule has 0 unspecified atom stereocenters. The Hall–Kier alpha value is -4.06. The third-order valence-corrected chi connectivity index (χ3v) is 6.21. The molecule has 1 saturated heterocycles. The van der Waals surface area contributed by atoms with Crippen molar-refractivity contribution in [3.63, 3.8) is 0 Å². The van der Waals surface area contributed by atoms with Crippen LogP contribution >= 0.6 is 0 Å². The van der Waals surface area contributed by atoms with Gasteiger partial charge in [-0.15, -0.1) is 0 Å². The van der Waals surface area contributed by atoms with Crippen LogP contribution in [0.15, 0.2) is 91.1 Å². The van der Waals surface area contributed by atoms with Gasteiger partial charge in [-0.1, -0.05) is 66.7 Å². The predicted octanol–water partition coefficient (Wildman–Crippen LogP) is 4.57. The largest absolute Gasteiger partial charge is 0.497 e. The second kappa shape index (κ2) is 9.83. The van der Waals surface area contributed by atoms with E-state index in [2.05, 4.69) is 23.1 Å². The molecule has 0 radical (unpaired) electrons. The first-order valence-electron chi connectivity index (χ1n) is 11.6. The maximum Gasteiger partial charge on any atom is 0.257 e. The zero-order chi connectivity index (χ0) is 23.3. The van der Waals surface area contributed by atoms with Gasteiger partial charge in [-0.3, -0.25) is 9.48 Å². The number of hydrogen-bond acceptors (Lipinski definition) is 4. The monoisotopic (exact) mass is 452 g/mol. The van der Waals surface area contributed by atoms with Crippen LogP contribution in [-0.2, 0) is 6.54 Å². The molecule has 6 nitrogen and oxygen atoms in total. The van der Waals surface area contributed by atoms with Crippen LogP contribution in [0.2, 0.25) is 0 Å². The number of anilines is 1. The Labute approximate surface area is 200 Å². The molecule has 1 aromatic heterocycles. The number of ether oxygens (including phenoxy) is 1. The van der Waals surface area contributed by atoms with E-state index in [9.17, 15) is 4.79 Å². The Morgan fingerprint density at radius 2 is 1.59 bits per heavy atom. The fraction of sp³-hybridized carbons (Fsp3) is 0.214. The normalized spacial score (nSPS) is 13.7. The van der Waals surface area contributed by atoms with Crippen molar-refractivity contribution < 1.29 is 9.53 Å². The third kappa shape index (κ3) is 4.66. The lowest BCUT2D eigenvalue weighted by Crippen LogP contribution is -2.48. The number of methoxy groups -OCH3 is 1. The molecule has 5 rings (SSSR count). The molecule has 1 fully saturated rings. The molecule has 4 aromatic rings. The van der Waals surface area contributed by atoms with Gasteiger partial charge in [0.2, 0.25) is 0 Å². The lowest BCUT2D eigenvalue weighted by molar-refractivity contribution is 0.0747. The van der Waals surface area contributed by atoms with Crippen molar-refractivity contribution in [2.45, 2.75) is 6.54 Å². The maximum atomic E-state index is 13.6. The molecule has 1 amide bonds. The van der Waals surface area contributed by atoms with Gasteiger partial charge in [-0.05, 0) is 17.7 Å². The van der Waals surface area contributed by atoms with Crippen LogP contribution in [0.3, 0.4) is 0 Å². The number of hydrogen-bond donors (Lipinski definition) is 0. The van der Waals surface area contributed by atoms with E-state index in [-0.39, 0.29) is 5.91 Å². The molecular formula is C28H28N4O2. The Kier molecular flexibility index (Phi) is 6.29. The highest BCUT2D eigenvalue weighted by Gasteiger charge is 2.26. The van der Waals surface area contributed by atoms with Gasteiger partial charge in [0.15, 0.2) is 0 Å². The minimum Gasteiger partial charge on any atom is -0.497 e. The first-order chi connectivity index (χ1) is 16.7. The summed E-state index contributed by atoms with van der Waals surface area (Å²) in [5.74, 6) is 0.873. The Bertz CT molecular complexity index is 1250. The molecule has 0 bridgehead atoms. The lowest BCUT2D eigenvalue weighted by Gasteiger charge is -2.36. The molecule has 3 aromatic carbocycles. The summed E-state index contributed by atoms with van der Waals surface area (Å²) < 4.78 is 7.23. The minimum absolute atomic E-state index is 0.0310. The number of carbonyl (C=O) groups is 1. The molecular weight excluding hydrogens is 424 g/mol. The van der Waals surface area contributed by atoms with Crippen molar-refractivity contribution in [2.24, 2.45) is 0 Å². The SMILES string of the molecule is COc1cccc(N2CCN(C(=O)c3cn(Cc4ccccc4)nc3-c3ccccc3)CC2)c1. The van der Waals surface area contributed by atoms with E-state index < -0.39 is 0 Å². The highest BCUT2D eigenvalue weighted by molar-refractivity contribution is 6.00. The minimum atomic E-state index is 0.0310.